The van der Waals surface area contributed by atoms with E-state index in [1.807, 2.05) is 24.3 Å². The number of fused-ring (bicyclic) bond motifs is 1. The van der Waals surface area contributed by atoms with Crippen molar-refractivity contribution < 1.29 is 14.3 Å². The van der Waals surface area contributed by atoms with E-state index in [0.717, 1.165) is 28.5 Å². The maximum Gasteiger partial charge on any atom is 0.411 e. The van der Waals surface area contributed by atoms with E-state index in [1.54, 1.807) is 25.2 Å². The summed E-state index contributed by atoms with van der Waals surface area (Å²) >= 11 is 0. The quantitative estimate of drug-likeness (QED) is 0.733. The third-order valence-corrected chi connectivity index (χ3v) is 4.83. The van der Waals surface area contributed by atoms with Crippen molar-refractivity contribution in [3.63, 3.8) is 0 Å². The lowest BCUT2D eigenvalue weighted by Crippen LogP contribution is -2.36. The van der Waals surface area contributed by atoms with Crippen molar-refractivity contribution in [2.75, 3.05) is 27.2 Å². The number of aromatic nitrogens is 4. The zero-order valence-corrected chi connectivity index (χ0v) is 16.3. The Labute approximate surface area is 167 Å². The highest BCUT2D eigenvalue weighted by molar-refractivity contribution is 5.98. The van der Waals surface area contributed by atoms with Crippen molar-refractivity contribution in [3.05, 3.63) is 54.0 Å². The summed E-state index contributed by atoms with van der Waals surface area (Å²) in [7, 11) is 3.45. The van der Waals surface area contributed by atoms with Crippen molar-refractivity contribution >= 4 is 28.5 Å². The molecule has 3 heterocycles. The average molecular weight is 394 g/mol. The normalized spacial score (nSPS) is 14.0. The van der Waals surface area contributed by atoms with Crippen LogP contribution in [0.25, 0.3) is 16.5 Å². The fourth-order valence-corrected chi connectivity index (χ4v) is 3.31. The van der Waals surface area contributed by atoms with Gasteiger partial charge in [-0.3, -0.25) is 4.79 Å². The zero-order valence-electron chi connectivity index (χ0n) is 16.3. The van der Waals surface area contributed by atoms with Crippen LogP contribution >= 0.6 is 0 Å². The highest BCUT2D eigenvalue weighted by Gasteiger charge is 2.21. The number of hydrogen-bond donors (Lipinski definition) is 1. The van der Waals surface area contributed by atoms with Gasteiger partial charge in [0.05, 0.1) is 6.20 Å². The molecular formula is C20H22N6O3. The van der Waals surface area contributed by atoms with Gasteiger partial charge >= 0.3 is 6.09 Å². The van der Waals surface area contributed by atoms with Crippen LogP contribution < -0.4 is 0 Å². The molecular weight excluding hydrogens is 372 g/mol. The summed E-state index contributed by atoms with van der Waals surface area (Å²) in [5.74, 6) is -0.0686. The van der Waals surface area contributed by atoms with Gasteiger partial charge in [0.1, 0.15) is 5.69 Å². The molecule has 9 nitrogen and oxygen atoms in total. The number of nitrogens with zero attached hydrogens (tertiary/aromatic N) is 5. The molecule has 29 heavy (non-hydrogen) atoms. The van der Waals surface area contributed by atoms with E-state index in [9.17, 15) is 9.59 Å². The number of benzene rings is 1. The number of amides is 2. The minimum Gasteiger partial charge on any atom is -0.426 e. The van der Waals surface area contributed by atoms with Crippen LogP contribution in [-0.2, 0) is 11.5 Å². The van der Waals surface area contributed by atoms with Crippen LogP contribution in [0.15, 0.2) is 42.7 Å². The molecule has 9 heteroatoms. The molecule has 3 aromatic rings. The molecule has 2 amide bonds. The fraction of sp³-hybridized carbons (Fsp3) is 0.300. The van der Waals surface area contributed by atoms with E-state index < -0.39 is 0 Å². The summed E-state index contributed by atoms with van der Waals surface area (Å²) in [6.45, 7) is 1.10. The Morgan fingerprint density at radius 3 is 2.90 bits per heavy atom. The number of aromatic amines is 1. The molecule has 1 aliphatic heterocycles. The van der Waals surface area contributed by atoms with Crippen molar-refractivity contribution in [2.24, 2.45) is 0 Å². The van der Waals surface area contributed by atoms with Gasteiger partial charge in [0.15, 0.2) is 6.73 Å². The van der Waals surface area contributed by atoms with Crippen molar-refractivity contribution in [2.45, 2.75) is 13.2 Å². The molecule has 0 aliphatic carbocycles. The van der Waals surface area contributed by atoms with Gasteiger partial charge < -0.3 is 19.5 Å². The predicted molar refractivity (Wildman–Crippen MR) is 107 cm³/mol. The van der Waals surface area contributed by atoms with Gasteiger partial charge in [-0.25, -0.2) is 9.48 Å². The minimum absolute atomic E-state index is 0.0332. The van der Waals surface area contributed by atoms with E-state index in [-0.39, 0.29) is 18.7 Å². The Balaban J connectivity index is 1.47. The molecule has 4 rings (SSSR count). The minimum atomic E-state index is -0.383. The summed E-state index contributed by atoms with van der Waals surface area (Å²) in [4.78, 5) is 31.0. The van der Waals surface area contributed by atoms with Crippen molar-refractivity contribution in [3.8, 4) is 0 Å². The van der Waals surface area contributed by atoms with E-state index in [2.05, 4.69) is 21.4 Å². The molecule has 0 saturated heterocycles. The van der Waals surface area contributed by atoms with Crippen LogP contribution in [0.1, 0.15) is 22.5 Å². The van der Waals surface area contributed by atoms with E-state index in [0.29, 0.717) is 18.8 Å². The number of H-pyrrole nitrogens is 1. The first-order valence-corrected chi connectivity index (χ1v) is 9.31. The molecule has 0 saturated carbocycles. The Morgan fingerprint density at radius 1 is 1.28 bits per heavy atom. The summed E-state index contributed by atoms with van der Waals surface area (Å²) in [5.41, 5.74) is 3.50. The van der Waals surface area contributed by atoms with E-state index >= 15 is 0 Å². The zero-order chi connectivity index (χ0) is 20.4. The van der Waals surface area contributed by atoms with Gasteiger partial charge in [0.2, 0.25) is 0 Å². The highest BCUT2D eigenvalue weighted by Crippen LogP contribution is 2.25. The largest absolute Gasteiger partial charge is 0.426 e. The lowest BCUT2D eigenvalue weighted by Gasteiger charge is -2.26. The van der Waals surface area contributed by atoms with E-state index in [1.165, 1.54) is 15.8 Å². The van der Waals surface area contributed by atoms with Gasteiger partial charge in [-0.1, -0.05) is 23.4 Å². The van der Waals surface area contributed by atoms with E-state index in [4.69, 9.17) is 4.74 Å². The molecule has 0 atom stereocenters. The predicted octanol–water partition coefficient (Wildman–Crippen LogP) is 2.34. The Morgan fingerprint density at radius 2 is 2.14 bits per heavy atom. The monoisotopic (exact) mass is 394 g/mol. The number of carbonyl (C=O) groups is 2. The molecule has 0 bridgehead atoms. The van der Waals surface area contributed by atoms with Crippen LogP contribution in [0.4, 0.5) is 4.79 Å². The summed E-state index contributed by atoms with van der Waals surface area (Å²) in [6.07, 6.45) is 5.67. The van der Waals surface area contributed by atoms with Gasteiger partial charge in [0, 0.05) is 44.3 Å². The van der Waals surface area contributed by atoms with Crippen LogP contribution in [-0.4, -0.2) is 69.0 Å². The smallest absolute Gasteiger partial charge is 0.411 e. The Kier molecular flexibility index (Phi) is 5.03. The SMILES string of the molecule is CN(C)C(=O)c1cc2ccc(C3=CCCN(C(=O)OCn4ccnn4)C3)cc2[nH]1. The first kappa shape index (κ1) is 18.7. The second kappa shape index (κ2) is 7.78. The Hall–Kier alpha value is -3.62. The van der Waals surface area contributed by atoms with Gasteiger partial charge in [-0.2, -0.15) is 0 Å². The lowest BCUT2D eigenvalue weighted by atomic mass is 10.0. The van der Waals surface area contributed by atoms with Crippen LogP contribution in [0.3, 0.4) is 0 Å². The highest BCUT2D eigenvalue weighted by atomic mass is 16.6. The molecule has 150 valence electrons. The lowest BCUT2D eigenvalue weighted by molar-refractivity contribution is 0.0737. The molecule has 2 aromatic heterocycles. The number of hydrogen-bond acceptors (Lipinski definition) is 5. The topological polar surface area (TPSA) is 96.4 Å². The standard InChI is InChI=1S/C20H22N6O3/c1-24(2)19(27)18-11-15-6-5-14(10-17(15)22-18)16-4-3-8-25(12-16)20(28)29-13-26-9-7-21-23-26/h4-7,9-11,22H,3,8,12-13H2,1-2H3. The first-order chi connectivity index (χ1) is 14.0. The molecule has 0 unspecified atom stereocenters. The second-order valence-electron chi connectivity index (χ2n) is 7.11. The molecule has 1 aliphatic rings. The number of rotatable bonds is 4. The van der Waals surface area contributed by atoms with Crippen LogP contribution in [0.2, 0.25) is 0 Å². The third-order valence-electron chi connectivity index (χ3n) is 4.83. The number of nitrogens with one attached hydrogen (secondary N) is 1. The van der Waals surface area contributed by atoms with Gasteiger partial charge in [-0.15, -0.1) is 5.10 Å². The Bertz CT molecular complexity index is 1070. The third kappa shape index (κ3) is 3.98. The molecule has 1 aromatic carbocycles. The summed E-state index contributed by atoms with van der Waals surface area (Å²) in [5, 5.41) is 8.43. The molecule has 0 fully saturated rings. The van der Waals surface area contributed by atoms with Gasteiger partial charge in [-0.05, 0) is 29.7 Å². The molecule has 1 N–H and O–H groups in total. The van der Waals surface area contributed by atoms with Crippen molar-refractivity contribution in [1.29, 1.82) is 0 Å². The van der Waals surface area contributed by atoms with Crippen LogP contribution in [0, 0.1) is 0 Å². The number of ether oxygens (including phenoxy) is 1. The summed E-state index contributed by atoms with van der Waals surface area (Å²) < 4.78 is 6.75. The first-order valence-electron chi connectivity index (χ1n) is 9.31. The summed E-state index contributed by atoms with van der Waals surface area (Å²) in [6, 6.07) is 7.86. The van der Waals surface area contributed by atoms with Crippen molar-refractivity contribution in [1.82, 2.24) is 29.8 Å². The maximum absolute atomic E-state index is 12.4. The maximum atomic E-state index is 12.4. The molecule has 0 spiro atoms. The molecule has 0 radical (unpaired) electrons. The van der Waals surface area contributed by atoms with Gasteiger partial charge in [0.25, 0.3) is 5.91 Å². The number of carbonyl (C=O) groups excluding carboxylic acids is 2. The second-order valence-corrected chi connectivity index (χ2v) is 7.11. The fourth-order valence-electron chi connectivity index (χ4n) is 3.31. The average Bonchev–Trinajstić information content (AvgIpc) is 3.40. The van der Waals surface area contributed by atoms with Crippen LogP contribution in [0.5, 0.6) is 0 Å².